The molecule has 1 saturated heterocycles. The largest absolute Gasteiger partial charge is 0.481 e. The molecule has 0 bridgehead atoms. The quantitative estimate of drug-likeness (QED) is 0.560. The van der Waals surface area contributed by atoms with Crippen molar-refractivity contribution in [2.45, 2.75) is 18.9 Å². The van der Waals surface area contributed by atoms with Gasteiger partial charge in [0, 0.05) is 23.0 Å². The fraction of sp³-hybridized carbons (Fsp3) is 0.286. The molecule has 1 aliphatic heterocycles. The summed E-state index contributed by atoms with van der Waals surface area (Å²) in [4.78, 5) is 52.4. The summed E-state index contributed by atoms with van der Waals surface area (Å²) in [6, 6.07) is 13.5. The third-order valence-corrected chi connectivity index (χ3v) is 7.65. The molecule has 2 aliphatic carbocycles. The lowest BCUT2D eigenvalue weighted by molar-refractivity contribution is -0.145. The number of halogens is 1. The van der Waals surface area contributed by atoms with Crippen molar-refractivity contribution in [3.8, 4) is 11.1 Å². The number of fused-ring (bicyclic) bond motifs is 1. The summed E-state index contributed by atoms with van der Waals surface area (Å²) < 4.78 is 0. The number of hydrogen-bond acceptors (Lipinski definition) is 4. The first-order valence-corrected chi connectivity index (χ1v) is 12.3. The van der Waals surface area contributed by atoms with Crippen LogP contribution in [0.1, 0.15) is 23.2 Å². The average Bonchev–Trinajstić information content (AvgIpc) is 3.31. The van der Waals surface area contributed by atoms with Crippen LogP contribution in [0, 0.1) is 23.7 Å². The van der Waals surface area contributed by atoms with Gasteiger partial charge < -0.3 is 10.4 Å². The summed E-state index contributed by atoms with van der Waals surface area (Å²) in [5, 5.41) is 13.5. The number of carboxylic acids is 1. The van der Waals surface area contributed by atoms with Gasteiger partial charge in [-0.15, -0.1) is 0 Å². The second kappa shape index (κ2) is 9.74. The Morgan fingerprint density at radius 1 is 0.944 bits per heavy atom. The number of nitrogens with zero attached hydrogens (tertiary/aromatic N) is 1. The molecule has 2 aromatic rings. The molecular formula is C28H25ClN2O5. The van der Waals surface area contributed by atoms with Crippen LogP contribution >= 0.6 is 11.6 Å². The molecule has 1 heterocycles. The van der Waals surface area contributed by atoms with Crippen molar-refractivity contribution in [1.82, 2.24) is 10.2 Å². The van der Waals surface area contributed by atoms with Crippen LogP contribution in [0.15, 0.2) is 72.8 Å². The highest BCUT2D eigenvalue weighted by molar-refractivity contribution is 6.30. The number of carbonyl (C=O) groups excluding carboxylic acids is 3. The van der Waals surface area contributed by atoms with Crippen molar-refractivity contribution in [3.05, 3.63) is 83.4 Å². The number of allylic oxidation sites excluding steroid dienone is 2. The van der Waals surface area contributed by atoms with Crippen LogP contribution in [0.25, 0.3) is 11.1 Å². The Kier molecular flexibility index (Phi) is 6.49. The van der Waals surface area contributed by atoms with Gasteiger partial charge in [-0.2, -0.15) is 0 Å². The molecule has 3 aliphatic rings. The van der Waals surface area contributed by atoms with E-state index in [4.69, 9.17) is 11.6 Å². The first-order valence-electron chi connectivity index (χ1n) is 11.9. The van der Waals surface area contributed by atoms with Gasteiger partial charge in [0.05, 0.1) is 17.9 Å². The fourth-order valence-electron chi connectivity index (χ4n) is 5.53. The fourth-order valence-corrected chi connectivity index (χ4v) is 5.65. The molecule has 4 unspecified atom stereocenters. The number of benzene rings is 2. The van der Waals surface area contributed by atoms with Crippen LogP contribution in [0.3, 0.4) is 0 Å². The Morgan fingerprint density at radius 2 is 1.58 bits per heavy atom. The van der Waals surface area contributed by atoms with E-state index in [1.54, 1.807) is 48.6 Å². The lowest BCUT2D eigenvalue weighted by atomic mass is 9.83. The van der Waals surface area contributed by atoms with Gasteiger partial charge in [0.15, 0.2) is 5.78 Å². The van der Waals surface area contributed by atoms with Crippen molar-refractivity contribution >= 4 is 35.3 Å². The maximum atomic E-state index is 13.4. The number of carbonyl (C=O) groups is 4. The molecule has 2 fully saturated rings. The molecular weight excluding hydrogens is 480 g/mol. The van der Waals surface area contributed by atoms with Crippen molar-refractivity contribution in [3.63, 3.8) is 0 Å². The normalized spacial score (nSPS) is 27.0. The number of nitrogens with one attached hydrogen (secondary N) is 1. The monoisotopic (exact) mass is 504 g/mol. The molecule has 1 saturated carbocycles. The van der Waals surface area contributed by atoms with Crippen molar-refractivity contribution in [2.75, 3.05) is 6.54 Å². The topological polar surface area (TPSA) is 104 Å². The van der Waals surface area contributed by atoms with Gasteiger partial charge in [-0.25, -0.2) is 4.79 Å². The Balaban J connectivity index is 1.31. The third-order valence-electron chi connectivity index (χ3n) is 7.40. The van der Waals surface area contributed by atoms with E-state index in [9.17, 15) is 24.3 Å². The van der Waals surface area contributed by atoms with E-state index in [2.05, 4.69) is 5.32 Å². The molecule has 5 atom stereocenters. The summed E-state index contributed by atoms with van der Waals surface area (Å²) in [7, 11) is 0. The van der Waals surface area contributed by atoms with Crippen LogP contribution in [-0.2, 0) is 9.59 Å². The highest BCUT2D eigenvalue weighted by Crippen LogP contribution is 2.40. The molecule has 0 radical (unpaired) electrons. The molecule has 7 nitrogen and oxygen atoms in total. The maximum Gasteiger partial charge on any atom is 0.324 e. The van der Waals surface area contributed by atoms with E-state index >= 15 is 0 Å². The van der Waals surface area contributed by atoms with Gasteiger partial charge in [-0.3, -0.25) is 19.3 Å². The molecule has 5 rings (SSSR count). The number of aliphatic carboxylic acids is 1. The van der Waals surface area contributed by atoms with Crippen LogP contribution in [0.2, 0.25) is 5.02 Å². The number of Topliss-reactive ketones (excluding diaryl/α,β-unsaturated/α-hetero) is 1. The molecule has 184 valence electrons. The van der Waals surface area contributed by atoms with Crippen molar-refractivity contribution in [2.24, 2.45) is 23.7 Å². The smallest absolute Gasteiger partial charge is 0.324 e. The predicted molar refractivity (Wildman–Crippen MR) is 134 cm³/mol. The molecule has 36 heavy (non-hydrogen) atoms. The number of amides is 3. The Bertz CT molecular complexity index is 1270. The number of urea groups is 1. The number of hydrogen-bond donors (Lipinski definition) is 2. The Labute approximate surface area is 213 Å². The summed E-state index contributed by atoms with van der Waals surface area (Å²) in [5.74, 6) is -4.37. The van der Waals surface area contributed by atoms with Crippen molar-refractivity contribution < 1.29 is 24.3 Å². The zero-order chi connectivity index (χ0) is 25.4. The number of rotatable bonds is 6. The molecule has 2 N–H and O–H groups in total. The molecule has 0 aromatic heterocycles. The zero-order valence-corrected chi connectivity index (χ0v) is 20.1. The Hall–Kier alpha value is -3.71. The highest BCUT2D eigenvalue weighted by Gasteiger charge is 2.48. The third kappa shape index (κ3) is 4.46. The van der Waals surface area contributed by atoms with Gasteiger partial charge in [0.2, 0.25) is 5.91 Å². The van der Waals surface area contributed by atoms with Crippen molar-refractivity contribution in [1.29, 1.82) is 0 Å². The number of imide groups is 1. The highest BCUT2D eigenvalue weighted by atomic mass is 35.5. The second-order valence-corrected chi connectivity index (χ2v) is 9.91. The van der Waals surface area contributed by atoms with Gasteiger partial charge in [0.1, 0.15) is 0 Å². The van der Waals surface area contributed by atoms with Gasteiger partial charge in [0.25, 0.3) is 0 Å². The maximum absolute atomic E-state index is 13.4. The first-order chi connectivity index (χ1) is 17.3. The van der Waals surface area contributed by atoms with Gasteiger partial charge >= 0.3 is 12.0 Å². The summed E-state index contributed by atoms with van der Waals surface area (Å²) in [5.41, 5.74) is 2.32. The van der Waals surface area contributed by atoms with E-state index < -0.39 is 41.7 Å². The minimum absolute atomic E-state index is 0.0261. The standard InChI is InChI=1S/C28H25ClN2O5/c29-20-12-9-17(10-13-20)16-5-7-18(8-6-16)25(32)22-14-11-19(24(22)27(34)35)15-31-26(33)21-3-1-2-4-23(21)30-28(31)36/h1-10,12-13,19,21-24H,11,14-15H2,(H,30,36)(H,34,35)/t19-,21?,22?,23?,24?/m0/s1. The molecule has 8 heteroatoms. The molecule has 3 amide bonds. The van der Waals surface area contributed by atoms with Crippen LogP contribution in [-0.4, -0.2) is 46.3 Å². The van der Waals surface area contributed by atoms with Crippen LogP contribution in [0.5, 0.6) is 0 Å². The number of ketones is 1. The van der Waals surface area contributed by atoms with Crippen LogP contribution < -0.4 is 5.32 Å². The number of carboxylic acid groups (broad SMARTS) is 1. The minimum atomic E-state index is -1.09. The van der Waals surface area contributed by atoms with Crippen LogP contribution in [0.4, 0.5) is 4.79 Å². The van der Waals surface area contributed by atoms with E-state index in [0.717, 1.165) is 16.0 Å². The van der Waals surface area contributed by atoms with E-state index in [1.807, 2.05) is 24.3 Å². The SMILES string of the molecule is O=C(c1ccc(-c2ccc(Cl)cc2)cc1)C1CC[C@@H](CN2C(=O)NC3C=CC=CC3C2=O)C1C(=O)O. The predicted octanol–water partition coefficient (Wildman–Crippen LogP) is 4.58. The van der Waals surface area contributed by atoms with E-state index in [-0.39, 0.29) is 18.2 Å². The lowest BCUT2D eigenvalue weighted by Gasteiger charge is -2.37. The first kappa shape index (κ1) is 24.0. The second-order valence-electron chi connectivity index (χ2n) is 9.48. The molecule has 0 spiro atoms. The summed E-state index contributed by atoms with van der Waals surface area (Å²) >= 11 is 5.96. The summed E-state index contributed by atoms with van der Waals surface area (Å²) in [6.07, 6.45) is 7.87. The lowest BCUT2D eigenvalue weighted by Crippen LogP contribution is -2.60. The zero-order valence-electron chi connectivity index (χ0n) is 19.3. The summed E-state index contributed by atoms with van der Waals surface area (Å²) in [6.45, 7) is -0.0261. The molecule has 2 aromatic carbocycles. The van der Waals surface area contributed by atoms with E-state index in [0.29, 0.717) is 23.4 Å². The van der Waals surface area contributed by atoms with Gasteiger partial charge in [-0.05, 0) is 42.0 Å². The average molecular weight is 505 g/mol. The Morgan fingerprint density at radius 3 is 2.25 bits per heavy atom. The minimum Gasteiger partial charge on any atom is -0.481 e. The van der Waals surface area contributed by atoms with E-state index in [1.165, 1.54) is 0 Å². The van der Waals surface area contributed by atoms with Gasteiger partial charge in [-0.1, -0.05) is 72.3 Å².